The molecule has 1 aliphatic carbocycles. The molecule has 0 aromatic carbocycles. The number of nitrogens with one attached hydrogen (secondary N) is 3. The Morgan fingerprint density at radius 2 is 2.17 bits per heavy atom. The highest BCUT2D eigenvalue weighted by atomic mass is 127. The van der Waals surface area contributed by atoms with Crippen LogP contribution in [0.2, 0.25) is 0 Å². The smallest absolute Gasteiger partial charge is 0.213 e. The van der Waals surface area contributed by atoms with Gasteiger partial charge in [-0.3, -0.25) is 4.99 Å². The minimum atomic E-state index is -3.29. The van der Waals surface area contributed by atoms with Crippen LogP contribution in [0.4, 0.5) is 10.2 Å². The number of aromatic nitrogens is 1. The van der Waals surface area contributed by atoms with Crippen molar-refractivity contribution in [1.29, 1.82) is 0 Å². The van der Waals surface area contributed by atoms with Gasteiger partial charge in [0.1, 0.15) is 0 Å². The van der Waals surface area contributed by atoms with Crippen molar-refractivity contribution in [2.24, 2.45) is 10.9 Å². The van der Waals surface area contributed by atoms with Gasteiger partial charge in [-0.25, -0.2) is 22.5 Å². The molecule has 1 saturated heterocycles. The average molecular weight is 540 g/mol. The van der Waals surface area contributed by atoms with Gasteiger partial charge in [0.05, 0.1) is 5.75 Å². The Morgan fingerprint density at radius 3 is 2.83 bits per heavy atom. The van der Waals surface area contributed by atoms with Gasteiger partial charge in [-0.1, -0.05) is 6.42 Å². The van der Waals surface area contributed by atoms with Gasteiger partial charge < -0.3 is 15.5 Å². The second-order valence-electron chi connectivity index (χ2n) is 7.35. The SMILES string of the molecule is CN=C(NCCS(=O)(=O)NCC1CCC1)NC1CCN(c2ncccc2F)C1.I. The Balaban J connectivity index is 0.00000300. The zero-order valence-corrected chi connectivity index (χ0v) is 19.8. The maximum atomic E-state index is 13.9. The second-order valence-corrected chi connectivity index (χ2v) is 9.27. The summed E-state index contributed by atoms with van der Waals surface area (Å²) in [6, 6.07) is 3.06. The van der Waals surface area contributed by atoms with Crippen molar-refractivity contribution in [3.63, 3.8) is 0 Å². The van der Waals surface area contributed by atoms with Crippen LogP contribution in [0.5, 0.6) is 0 Å². The number of anilines is 1. The molecule has 2 heterocycles. The molecule has 1 unspecified atom stereocenters. The van der Waals surface area contributed by atoms with E-state index in [0.717, 1.165) is 19.3 Å². The number of guanidine groups is 1. The van der Waals surface area contributed by atoms with Crippen LogP contribution in [0.25, 0.3) is 0 Å². The molecule has 164 valence electrons. The highest BCUT2D eigenvalue weighted by Crippen LogP contribution is 2.25. The molecule has 1 aromatic rings. The van der Waals surface area contributed by atoms with Crippen molar-refractivity contribution in [3.05, 3.63) is 24.1 Å². The highest BCUT2D eigenvalue weighted by Gasteiger charge is 2.26. The summed E-state index contributed by atoms with van der Waals surface area (Å²) in [5.41, 5.74) is 0. The van der Waals surface area contributed by atoms with Crippen molar-refractivity contribution in [2.45, 2.75) is 31.7 Å². The maximum Gasteiger partial charge on any atom is 0.213 e. The molecule has 0 bridgehead atoms. The predicted molar refractivity (Wildman–Crippen MR) is 124 cm³/mol. The van der Waals surface area contributed by atoms with Gasteiger partial charge in [0, 0.05) is 45.5 Å². The summed E-state index contributed by atoms with van der Waals surface area (Å²) < 4.78 is 40.7. The van der Waals surface area contributed by atoms with Crippen molar-refractivity contribution in [3.8, 4) is 0 Å². The fourth-order valence-corrected chi connectivity index (χ4v) is 4.39. The Labute approximate surface area is 189 Å². The number of pyridine rings is 1. The number of rotatable bonds is 8. The minimum absolute atomic E-state index is 0. The number of aliphatic imine (C=N–C) groups is 1. The molecule has 2 fully saturated rings. The summed E-state index contributed by atoms with van der Waals surface area (Å²) >= 11 is 0. The third-order valence-corrected chi connectivity index (χ3v) is 6.62. The lowest BCUT2D eigenvalue weighted by Crippen LogP contribution is -2.46. The maximum absolute atomic E-state index is 13.9. The van der Waals surface area contributed by atoms with Crippen LogP contribution in [0.15, 0.2) is 23.3 Å². The molecule has 3 N–H and O–H groups in total. The molecule has 11 heteroatoms. The van der Waals surface area contributed by atoms with E-state index in [2.05, 4.69) is 25.3 Å². The molecule has 1 atom stereocenters. The topological polar surface area (TPSA) is 98.7 Å². The van der Waals surface area contributed by atoms with E-state index >= 15 is 0 Å². The van der Waals surface area contributed by atoms with Crippen LogP contribution in [0.3, 0.4) is 0 Å². The second kappa shape index (κ2) is 11.3. The number of nitrogens with zero attached hydrogens (tertiary/aromatic N) is 3. The summed E-state index contributed by atoms with van der Waals surface area (Å²) in [6.45, 7) is 2.11. The minimum Gasteiger partial charge on any atom is -0.355 e. The Bertz CT molecular complexity index is 790. The Morgan fingerprint density at radius 1 is 1.38 bits per heavy atom. The average Bonchev–Trinajstić information content (AvgIpc) is 3.08. The van der Waals surface area contributed by atoms with Crippen molar-refractivity contribution < 1.29 is 12.8 Å². The van der Waals surface area contributed by atoms with E-state index in [1.54, 1.807) is 19.3 Å². The van der Waals surface area contributed by atoms with Crippen LogP contribution in [-0.4, -0.2) is 64.4 Å². The molecule has 2 aliphatic rings. The van der Waals surface area contributed by atoms with Gasteiger partial charge in [0.2, 0.25) is 10.0 Å². The van der Waals surface area contributed by atoms with Crippen LogP contribution >= 0.6 is 24.0 Å². The van der Waals surface area contributed by atoms with Gasteiger partial charge in [0.25, 0.3) is 0 Å². The van der Waals surface area contributed by atoms with E-state index in [-0.39, 0.29) is 48.1 Å². The molecule has 1 aromatic heterocycles. The largest absolute Gasteiger partial charge is 0.355 e. The lowest BCUT2D eigenvalue weighted by molar-refractivity contribution is 0.316. The van der Waals surface area contributed by atoms with E-state index in [1.807, 2.05) is 4.90 Å². The summed E-state index contributed by atoms with van der Waals surface area (Å²) in [7, 11) is -1.64. The zero-order chi connectivity index (χ0) is 20.0. The standard InChI is InChI=1S/C18H29FN6O2S.HI/c1-20-18(22-9-11-28(26,27)23-12-14-4-2-5-14)24-15-7-10-25(13-15)17-16(19)6-3-8-21-17;/h3,6,8,14-15,23H,2,4-5,7,9-13H2,1H3,(H2,20,22,24);1H. The van der Waals surface area contributed by atoms with Crippen LogP contribution < -0.4 is 20.3 Å². The first kappa shape index (κ1) is 24.1. The quantitative estimate of drug-likeness (QED) is 0.261. The molecular weight excluding hydrogens is 510 g/mol. The molecule has 3 rings (SSSR count). The van der Waals surface area contributed by atoms with Crippen molar-refractivity contribution in [2.75, 3.05) is 43.9 Å². The molecule has 0 amide bonds. The predicted octanol–water partition coefficient (Wildman–Crippen LogP) is 1.30. The highest BCUT2D eigenvalue weighted by molar-refractivity contribution is 14.0. The Kier molecular flexibility index (Phi) is 9.34. The van der Waals surface area contributed by atoms with Crippen LogP contribution in [-0.2, 0) is 10.0 Å². The van der Waals surface area contributed by atoms with Gasteiger partial charge in [0.15, 0.2) is 17.6 Å². The zero-order valence-electron chi connectivity index (χ0n) is 16.6. The number of hydrogen-bond acceptors (Lipinski definition) is 5. The van der Waals surface area contributed by atoms with Crippen LogP contribution in [0.1, 0.15) is 25.7 Å². The van der Waals surface area contributed by atoms with Gasteiger partial charge in [-0.2, -0.15) is 0 Å². The van der Waals surface area contributed by atoms with E-state index < -0.39 is 10.0 Å². The first-order valence-corrected chi connectivity index (χ1v) is 11.4. The first-order chi connectivity index (χ1) is 13.5. The summed E-state index contributed by atoms with van der Waals surface area (Å²) in [4.78, 5) is 10.2. The monoisotopic (exact) mass is 540 g/mol. The summed E-state index contributed by atoms with van der Waals surface area (Å²) in [5.74, 6) is 1.06. The van der Waals surface area contributed by atoms with Gasteiger partial charge in [-0.15, -0.1) is 24.0 Å². The molecule has 0 spiro atoms. The third kappa shape index (κ3) is 7.21. The number of sulfonamides is 1. The molecular formula is C18H30FIN6O2S. The number of hydrogen-bond donors (Lipinski definition) is 3. The number of halogens is 2. The van der Waals surface area contributed by atoms with E-state index in [1.165, 1.54) is 12.5 Å². The van der Waals surface area contributed by atoms with Gasteiger partial charge in [-0.05, 0) is 37.3 Å². The summed E-state index contributed by atoms with van der Waals surface area (Å²) in [5, 5.41) is 6.32. The lowest BCUT2D eigenvalue weighted by Gasteiger charge is -2.25. The van der Waals surface area contributed by atoms with E-state index in [4.69, 9.17) is 0 Å². The fraction of sp³-hybridized carbons (Fsp3) is 0.667. The summed E-state index contributed by atoms with van der Waals surface area (Å²) in [6.07, 6.45) is 5.81. The van der Waals surface area contributed by atoms with Gasteiger partial charge >= 0.3 is 0 Å². The van der Waals surface area contributed by atoms with Crippen molar-refractivity contribution in [1.82, 2.24) is 20.3 Å². The molecule has 0 radical (unpaired) electrons. The van der Waals surface area contributed by atoms with Crippen molar-refractivity contribution >= 4 is 45.8 Å². The lowest BCUT2D eigenvalue weighted by atomic mass is 9.86. The van der Waals surface area contributed by atoms with E-state index in [0.29, 0.717) is 37.3 Å². The van der Waals surface area contributed by atoms with E-state index in [9.17, 15) is 12.8 Å². The molecule has 1 saturated carbocycles. The molecule has 8 nitrogen and oxygen atoms in total. The molecule has 1 aliphatic heterocycles. The first-order valence-electron chi connectivity index (χ1n) is 9.77. The van der Waals surface area contributed by atoms with Crippen LogP contribution in [0, 0.1) is 11.7 Å². The third-order valence-electron chi connectivity index (χ3n) is 5.27. The Hall–Kier alpha value is -1.21. The fourth-order valence-electron chi connectivity index (χ4n) is 3.39. The molecule has 29 heavy (non-hydrogen) atoms. The normalized spacial score (nSPS) is 20.1.